The summed E-state index contributed by atoms with van der Waals surface area (Å²) in [4.78, 5) is 17.4. The fourth-order valence-electron chi connectivity index (χ4n) is 2.49. The van der Waals surface area contributed by atoms with E-state index in [0.717, 1.165) is 36.8 Å². The molecular weight excluding hydrogens is 248 g/mol. The maximum absolute atomic E-state index is 12.3. The van der Waals surface area contributed by atoms with Crippen molar-refractivity contribution in [2.45, 2.75) is 19.3 Å². The summed E-state index contributed by atoms with van der Waals surface area (Å²) in [5, 5.41) is 1.68. The number of benzene rings is 1. The average Bonchev–Trinajstić information content (AvgIpc) is 2.81. The molecule has 1 aromatic heterocycles. The zero-order chi connectivity index (χ0) is 12.5. The van der Waals surface area contributed by atoms with Crippen LogP contribution >= 0.6 is 11.6 Å². The number of hydrogen-bond acceptors (Lipinski definition) is 1. The van der Waals surface area contributed by atoms with Crippen LogP contribution in [0.3, 0.4) is 0 Å². The lowest BCUT2D eigenvalue weighted by Crippen LogP contribution is -2.35. The van der Waals surface area contributed by atoms with E-state index in [9.17, 15) is 4.79 Å². The van der Waals surface area contributed by atoms with E-state index in [1.165, 1.54) is 6.42 Å². The number of carbonyl (C=O) groups is 1. The molecule has 1 saturated heterocycles. The van der Waals surface area contributed by atoms with E-state index in [-0.39, 0.29) is 5.91 Å². The first-order valence-corrected chi connectivity index (χ1v) is 6.69. The van der Waals surface area contributed by atoms with Crippen LogP contribution in [0.2, 0.25) is 5.02 Å². The Morgan fingerprint density at radius 1 is 1.17 bits per heavy atom. The number of halogens is 1. The first-order valence-electron chi connectivity index (χ1n) is 6.31. The molecule has 2 heterocycles. The molecule has 94 valence electrons. The number of H-pyrrole nitrogens is 1. The molecule has 0 spiro atoms. The minimum Gasteiger partial charge on any atom is -0.351 e. The summed E-state index contributed by atoms with van der Waals surface area (Å²) in [6, 6.07) is 7.50. The quantitative estimate of drug-likeness (QED) is 0.840. The Balaban J connectivity index is 1.91. The maximum Gasteiger partial charge on any atom is 0.270 e. The second-order valence-corrected chi connectivity index (χ2v) is 5.20. The van der Waals surface area contributed by atoms with Gasteiger partial charge in [0.1, 0.15) is 5.69 Å². The number of rotatable bonds is 1. The van der Waals surface area contributed by atoms with Crippen LogP contribution in [0.5, 0.6) is 0 Å². The lowest BCUT2D eigenvalue weighted by molar-refractivity contribution is 0.0719. The summed E-state index contributed by atoms with van der Waals surface area (Å²) in [6.45, 7) is 1.74. The van der Waals surface area contributed by atoms with Crippen LogP contribution in [0.1, 0.15) is 29.8 Å². The van der Waals surface area contributed by atoms with Crippen LogP contribution in [-0.4, -0.2) is 28.9 Å². The fraction of sp³-hybridized carbons (Fsp3) is 0.357. The van der Waals surface area contributed by atoms with Crippen molar-refractivity contribution in [3.63, 3.8) is 0 Å². The molecule has 1 fully saturated rings. The van der Waals surface area contributed by atoms with E-state index < -0.39 is 0 Å². The van der Waals surface area contributed by atoms with Crippen LogP contribution < -0.4 is 0 Å². The molecular formula is C14H15ClN2O. The van der Waals surface area contributed by atoms with Crippen LogP contribution in [0, 0.1) is 0 Å². The minimum atomic E-state index is 0.0991. The van der Waals surface area contributed by atoms with Gasteiger partial charge in [0.15, 0.2) is 0 Å². The molecule has 1 aromatic carbocycles. The molecule has 0 saturated carbocycles. The minimum absolute atomic E-state index is 0.0991. The third-order valence-electron chi connectivity index (χ3n) is 3.46. The summed E-state index contributed by atoms with van der Waals surface area (Å²) in [5.41, 5.74) is 1.62. The second kappa shape index (κ2) is 4.65. The molecule has 0 unspecified atom stereocenters. The van der Waals surface area contributed by atoms with Gasteiger partial charge in [0.2, 0.25) is 0 Å². The number of nitrogens with zero attached hydrogens (tertiary/aromatic N) is 1. The van der Waals surface area contributed by atoms with Gasteiger partial charge >= 0.3 is 0 Å². The highest BCUT2D eigenvalue weighted by atomic mass is 35.5. The Hall–Kier alpha value is -1.48. The molecule has 0 radical (unpaired) electrons. The van der Waals surface area contributed by atoms with E-state index in [1.807, 2.05) is 29.2 Å². The highest BCUT2D eigenvalue weighted by molar-refractivity contribution is 6.31. The van der Waals surface area contributed by atoms with Gasteiger partial charge in [0, 0.05) is 29.0 Å². The number of nitrogens with one attached hydrogen (secondary N) is 1. The number of aromatic amines is 1. The number of fused-ring (bicyclic) bond motifs is 1. The number of amides is 1. The molecule has 2 aromatic rings. The average molecular weight is 263 g/mol. The molecule has 1 aliphatic rings. The second-order valence-electron chi connectivity index (χ2n) is 4.77. The van der Waals surface area contributed by atoms with Gasteiger partial charge in [0.25, 0.3) is 5.91 Å². The van der Waals surface area contributed by atoms with Crippen molar-refractivity contribution in [2.75, 3.05) is 13.1 Å². The largest absolute Gasteiger partial charge is 0.351 e. The molecule has 0 bridgehead atoms. The first kappa shape index (κ1) is 11.6. The number of piperidine rings is 1. The third-order valence-corrected chi connectivity index (χ3v) is 3.69. The Bertz CT molecular complexity index is 584. The van der Waals surface area contributed by atoms with Crippen LogP contribution in [-0.2, 0) is 0 Å². The Morgan fingerprint density at radius 2 is 1.94 bits per heavy atom. The van der Waals surface area contributed by atoms with Gasteiger partial charge in [-0.25, -0.2) is 0 Å². The van der Waals surface area contributed by atoms with Crippen LogP contribution in [0.25, 0.3) is 10.9 Å². The molecule has 1 amide bonds. The molecule has 3 rings (SSSR count). The summed E-state index contributed by atoms with van der Waals surface area (Å²) in [5.74, 6) is 0.0991. The summed E-state index contributed by atoms with van der Waals surface area (Å²) in [6.07, 6.45) is 3.45. The molecule has 18 heavy (non-hydrogen) atoms. The number of hydrogen-bond donors (Lipinski definition) is 1. The molecule has 1 aliphatic heterocycles. The number of likely N-dealkylation sites (tertiary alicyclic amines) is 1. The van der Waals surface area contributed by atoms with Crippen molar-refractivity contribution >= 4 is 28.4 Å². The predicted molar refractivity (Wildman–Crippen MR) is 73.1 cm³/mol. The number of aromatic nitrogens is 1. The smallest absolute Gasteiger partial charge is 0.270 e. The van der Waals surface area contributed by atoms with E-state index in [1.54, 1.807) is 0 Å². The van der Waals surface area contributed by atoms with E-state index in [4.69, 9.17) is 11.6 Å². The monoisotopic (exact) mass is 262 g/mol. The lowest BCUT2D eigenvalue weighted by Gasteiger charge is -2.26. The van der Waals surface area contributed by atoms with E-state index in [0.29, 0.717) is 10.7 Å². The van der Waals surface area contributed by atoms with Gasteiger partial charge in [-0.05, 0) is 43.5 Å². The Morgan fingerprint density at radius 3 is 2.72 bits per heavy atom. The molecule has 4 heteroatoms. The summed E-state index contributed by atoms with van der Waals surface area (Å²) in [7, 11) is 0. The molecule has 0 aliphatic carbocycles. The van der Waals surface area contributed by atoms with Gasteiger partial charge in [-0.15, -0.1) is 0 Å². The van der Waals surface area contributed by atoms with Crippen molar-refractivity contribution in [1.82, 2.24) is 9.88 Å². The Kier molecular flexibility index (Phi) is 3.00. The Labute approximate surface area is 111 Å². The predicted octanol–water partition coefficient (Wildman–Crippen LogP) is 3.45. The molecule has 3 nitrogen and oxygen atoms in total. The first-order chi connectivity index (χ1) is 8.74. The zero-order valence-corrected chi connectivity index (χ0v) is 10.8. The van der Waals surface area contributed by atoms with Crippen molar-refractivity contribution in [3.8, 4) is 0 Å². The van der Waals surface area contributed by atoms with E-state index in [2.05, 4.69) is 4.98 Å². The normalized spacial score (nSPS) is 16.2. The molecule has 1 N–H and O–H groups in total. The van der Waals surface area contributed by atoms with Gasteiger partial charge < -0.3 is 9.88 Å². The number of carbonyl (C=O) groups excluding carboxylic acids is 1. The van der Waals surface area contributed by atoms with Gasteiger partial charge in [-0.2, -0.15) is 0 Å². The fourth-order valence-corrected chi connectivity index (χ4v) is 2.67. The van der Waals surface area contributed by atoms with Crippen LogP contribution in [0.15, 0.2) is 24.3 Å². The topological polar surface area (TPSA) is 36.1 Å². The van der Waals surface area contributed by atoms with Gasteiger partial charge in [0.05, 0.1) is 0 Å². The van der Waals surface area contributed by atoms with Crippen molar-refractivity contribution in [3.05, 3.63) is 35.0 Å². The standard InChI is InChI=1S/C14H15ClN2O/c15-11-4-5-12-10(8-11)9-13(16-12)14(18)17-6-2-1-3-7-17/h4-5,8-9,16H,1-3,6-7H2. The van der Waals surface area contributed by atoms with Crippen molar-refractivity contribution in [2.24, 2.45) is 0 Å². The summed E-state index contributed by atoms with van der Waals surface area (Å²) < 4.78 is 0. The zero-order valence-electron chi connectivity index (χ0n) is 10.1. The van der Waals surface area contributed by atoms with Gasteiger partial charge in [-0.1, -0.05) is 11.6 Å². The maximum atomic E-state index is 12.3. The van der Waals surface area contributed by atoms with Crippen molar-refractivity contribution < 1.29 is 4.79 Å². The van der Waals surface area contributed by atoms with Crippen molar-refractivity contribution in [1.29, 1.82) is 0 Å². The van der Waals surface area contributed by atoms with Crippen LogP contribution in [0.4, 0.5) is 0 Å². The van der Waals surface area contributed by atoms with Gasteiger partial charge in [-0.3, -0.25) is 4.79 Å². The summed E-state index contributed by atoms with van der Waals surface area (Å²) >= 11 is 5.95. The third kappa shape index (κ3) is 2.10. The SMILES string of the molecule is O=C(c1cc2cc(Cl)ccc2[nH]1)N1CCCCC1. The molecule has 0 atom stereocenters. The highest BCUT2D eigenvalue weighted by Crippen LogP contribution is 2.21. The van der Waals surface area contributed by atoms with E-state index >= 15 is 0 Å². The highest BCUT2D eigenvalue weighted by Gasteiger charge is 2.19. The lowest BCUT2D eigenvalue weighted by atomic mass is 10.1.